The molecule has 1 N–H and O–H groups in total. The fourth-order valence-corrected chi connectivity index (χ4v) is 4.04. The molecule has 0 spiro atoms. The fourth-order valence-electron chi connectivity index (χ4n) is 2.77. The summed E-state index contributed by atoms with van der Waals surface area (Å²) in [4.78, 5) is 37.7. The summed E-state index contributed by atoms with van der Waals surface area (Å²) in [7, 11) is 0. The number of nitrogens with zero attached hydrogens (tertiary/aromatic N) is 1. The quantitative estimate of drug-likeness (QED) is 0.494. The molecule has 0 saturated carbocycles. The number of hydrogen-bond donors (Lipinski definition) is 1. The average molecular weight is 463 g/mol. The van der Waals surface area contributed by atoms with Gasteiger partial charge >= 0.3 is 11.9 Å². The molecular formula is C21H19ClN2O6S. The lowest BCUT2D eigenvalue weighted by Crippen LogP contribution is -2.15. The van der Waals surface area contributed by atoms with Gasteiger partial charge in [-0.25, -0.2) is 9.59 Å². The summed E-state index contributed by atoms with van der Waals surface area (Å²) < 4.78 is 15.4. The molecule has 162 valence electrons. The van der Waals surface area contributed by atoms with Crippen LogP contribution in [0.1, 0.15) is 49.9 Å². The smallest absolute Gasteiger partial charge is 0.348 e. The van der Waals surface area contributed by atoms with Gasteiger partial charge in [0, 0.05) is 16.7 Å². The Balaban J connectivity index is 1.90. The number of esters is 2. The van der Waals surface area contributed by atoms with Gasteiger partial charge in [0.2, 0.25) is 0 Å². The number of ether oxygens (including phenoxy) is 2. The van der Waals surface area contributed by atoms with Crippen molar-refractivity contribution in [2.24, 2.45) is 0 Å². The molecule has 0 atom stereocenters. The molecule has 31 heavy (non-hydrogen) atoms. The first-order valence-corrected chi connectivity index (χ1v) is 10.6. The number of nitrogens with one attached hydrogen (secondary N) is 1. The number of thiophene rings is 1. The van der Waals surface area contributed by atoms with Crippen molar-refractivity contribution in [1.82, 2.24) is 5.16 Å². The van der Waals surface area contributed by atoms with Gasteiger partial charge in [-0.15, -0.1) is 11.3 Å². The van der Waals surface area contributed by atoms with Crippen molar-refractivity contribution in [2.45, 2.75) is 20.8 Å². The average Bonchev–Trinajstić information content (AvgIpc) is 3.34. The van der Waals surface area contributed by atoms with Crippen molar-refractivity contribution in [2.75, 3.05) is 18.5 Å². The molecule has 0 aliphatic carbocycles. The minimum absolute atomic E-state index is 0.00600. The summed E-state index contributed by atoms with van der Waals surface area (Å²) in [6.07, 6.45) is 0. The summed E-state index contributed by atoms with van der Waals surface area (Å²) in [6.45, 7) is 5.26. The predicted octanol–water partition coefficient (Wildman–Crippen LogP) is 4.97. The van der Waals surface area contributed by atoms with E-state index in [4.69, 9.17) is 25.6 Å². The number of benzene rings is 1. The van der Waals surface area contributed by atoms with Gasteiger partial charge < -0.3 is 19.3 Å². The second-order valence-corrected chi connectivity index (χ2v) is 7.70. The number of amides is 1. The highest BCUT2D eigenvalue weighted by molar-refractivity contribution is 7.18. The number of carbonyl (C=O) groups is 3. The van der Waals surface area contributed by atoms with Crippen LogP contribution >= 0.6 is 22.9 Å². The van der Waals surface area contributed by atoms with Crippen LogP contribution < -0.4 is 5.32 Å². The maximum absolute atomic E-state index is 12.8. The molecule has 0 saturated heterocycles. The summed E-state index contributed by atoms with van der Waals surface area (Å²) in [5.41, 5.74) is 1.12. The molecule has 0 unspecified atom stereocenters. The molecule has 1 amide bonds. The normalized spacial score (nSPS) is 10.6. The second kappa shape index (κ2) is 9.76. The zero-order chi connectivity index (χ0) is 22.5. The summed E-state index contributed by atoms with van der Waals surface area (Å²) in [6, 6.07) is 8.36. The van der Waals surface area contributed by atoms with E-state index in [-0.39, 0.29) is 34.3 Å². The molecule has 1 aromatic carbocycles. The third-order valence-electron chi connectivity index (χ3n) is 4.17. The Morgan fingerprint density at radius 3 is 2.52 bits per heavy atom. The molecule has 0 radical (unpaired) electrons. The van der Waals surface area contributed by atoms with Crippen molar-refractivity contribution in [3.63, 3.8) is 0 Å². The van der Waals surface area contributed by atoms with Gasteiger partial charge in [0.05, 0.1) is 18.8 Å². The molecule has 0 bridgehead atoms. The Bertz CT molecular complexity index is 1140. The molecule has 2 aromatic heterocycles. The van der Waals surface area contributed by atoms with E-state index < -0.39 is 17.8 Å². The topological polar surface area (TPSA) is 108 Å². The number of halogens is 1. The third-order valence-corrected chi connectivity index (χ3v) is 5.59. The highest BCUT2D eigenvalue weighted by Gasteiger charge is 2.28. The largest absolute Gasteiger partial charge is 0.462 e. The summed E-state index contributed by atoms with van der Waals surface area (Å²) in [5, 5.41) is 7.09. The van der Waals surface area contributed by atoms with E-state index in [1.807, 2.05) is 0 Å². The molecule has 8 nitrogen and oxygen atoms in total. The Morgan fingerprint density at radius 1 is 1.13 bits per heavy atom. The van der Waals surface area contributed by atoms with Crippen LogP contribution in [-0.2, 0) is 9.47 Å². The Kier molecular flexibility index (Phi) is 7.09. The van der Waals surface area contributed by atoms with Gasteiger partial charge in [0.15, 0.2) is 11.5 Å². The van der Waals surface area contributed by atoms with Crippen molar-refractivity contribution in [3.05, 3.63) is 57.1 Å². The summed E-state index contributed by atoms with van der Waals surface area (Å²) in [5.74, 6) is -1.49. The van der Waals surface area contributed by atoms with Gasteiger partial charge in [0.25, 0.3) is 5.91 Å². The van der Waals surface area contributed by atoms with Crippen LogP contribution in [-0.4, -0.2) is 36.2 Å². The maximum Gasteiger partial charge on any atom is 0.348 e. The summed E-state index contributed by atoms with van der Waals surface area (Å²) >= 11 is 6.92. The van der Waals surface area contributed by atoms with Gasteiger partial charge in [0.1, 0.15) is 9.88 Å². The first-order valence-electron chi connectivity index (χ1n) is 9.37. The van der Waals surface area contributed by atoms with Crippen LogP contribution in [0.2, 0.25) is 5.02 Å². The Hall–Kier alpha value is -3.17. The van der Waals surface area contributed by atoms with Gasteiger partial charge in [-0.05, 0) is 38.5 Å². The van der Waals surface area contributed by atoms with E-state index in [2.05, 4.69) is 10.5 Å². The lowest BCUT2D eigenvalue weighted by molar-refractivity contribution is 0.0527. The van der Waals surface area contributed by atoms with Crippen LogP contribution in [0, 0.1) is 6.92 Å². The number of anilines is 1. The molecular weight excluding hydrogens is 444 g/mol. The van der Waals surface area contributed by atoms with E-state index in [9.17, 15) is 14.4 Å². The third kappa shape index (κ3) is 4.95. The van der Waals surface area contributed by atoms with E-state index in [1.165, 1.54) is 6.07 Å². The van der Waals surface area contributed by atoms with Crippen LogP contribution in [0.3, 0.4) is 0 Å². The molecule has 0 fully saturated rings. The zero-order valence-electron chi connectivity index (χ0n) is 17.0. The lowest BCUT2D eigenvalue weighted by Gasteiger charge is -2.05. The van der Waals surface area contributed by atoms with Gasteiger partial charge in [-0.1, -0.05) is 28.9 Å². The van der Waals surface area contributed by atoms with Crippen molar-refractivity contribution in [1.29, 1.82) is 0 Å². The molecule has 10 heteroatoms. The van der Waals surface area contributed by atoms with Crippen LogP contribution in [0.5, 0.6) is 0 Å². The van der Waals surface area contributed by atoms with Crippen molar-refractivity contribution in [3.8, 4) is 11.3 Å². The number of rotatable bonds is 7. The first kappa shape index (κ1) is 22.5. The number of hydrogen-bond acceptors (Lipinski definition) is 8. The second-order valence-electron chi connectivity index (χ2n) is 6.24. The monoisotopic (exact) mass is 462 g/mol. The minimum atomic E-state index is -0.651. The maximum atomic E-state index is 12.8. The van der Waals surface area contributed by atoms with E-state index in [1.54, 1.807) is 45.0 Å². The SMILES string of the molecule is CCOC(=O)c1sc(NC(=O)c2cc(-c3cccc(Cl)c3)on2)c(C(=O)OCC)c1C. The Labute approximate surface area is 187 Å². The van der Waals surface area contributed by atoms with Crippen molar-refractivity contribution < 1.29 is 28.4 Å². The zero-order valence-corrected chi connectivity index (χ0v) is 18.6. The van der Waals surface area contributed by atoms with Crippen LogP contribution in [0.4, 0.5) is 5.00 Å². The van der Waals surface area contributed by atoms with E-state index in [0.29, 0.717) is 21.9 Å². The number of aromatic nitrogens is 1. The van der Waals surface area contributed by atoms with Crippen LogP contribution in [0.25, 0.3) is 11.3 Å². The van der Waals surface area contributed by atoms with E-state index >= 15 is 0 Å². The molecule has 0 aliphatic heterocycles. The van der Waals surface area contributed by atoms with Gasteiger partial charge in [-0.3, -0.25) is 4.79 Å². The Morgan fingerprint density at radius 2 is 1.84 bits per heavy atom. The highest BCUT2D eigenvalue weighted by atomic mass is 35.5. The van der Waals surface area contributed by atoms with E-state index in [0.717, 1.165) is 11.3 Å². The van der Waals surface area contributed by atoms with Crippen molar-refractivity contribution >= 4 is 45.8 Å². The molecule has 0 aliphatic rings. The minimum Gasteiger partial charge on any atom is -0.462 e. The predicted molar refractivity (Wildman–Crippen MR) is 116 cm³/mol. The molecule has 3 rings (SSSR count). The fraction of sp³-hybridized carbons (Fsp3) is 0.238. The standard InChI is InChI=1S/C21H19ClN2O6S/c1-4-28-20(26)16-11(3)17(21(27)29-5-2)31-19(16)23-18(25)14-10-15(30-24-14)12-7-6-8-13(22)9-12/h6-10H,4-5H2,1-3H3,(H,23,25). The van der Waals surface area contributed by atoms with Gasteiger partial charge in [-0.2, -0.15) is 0 Å². The molecule has 2 heterocycles. The highest BCUT2D eigenvalue weighted by Crippen LogP contribution is 2.35. The lowest BCUT2D eigenvalue weighted by atomic mass is 10.1. The number of carbonyl (C=O) groups excluding carboxylic acids is 3. The first-order chi connectivity index (χ1) is 14.8. The molecule has 3 aromatic rings. The van der Waals surface area contributed by atoms with Crippen LogP contribution in [0.15, 0.2) is 34.9 Å².